The van der Waals surface area contributed by atoms with E-state index in [9.17, 15) is 0 Å². The Kier molecular flexibility index (Phi) is 9.17. The lowest BCUT2D eigenvalue weighted by Crippen LogP contribution is -2.00. The molecule has 1 aromatic heterocycles. The van der Waals surface area contributed by atoms with Crippen molar-refractivity contribution >= 4 is 11.3 Å². The standard InChI is InChI=1S/C19H26N2O2/c1-4-8-18(23-14-7-13-22-6-3)11-9-16(5-2)19-12-10-17(20)15-21-19/h4-5,8-12,15H,2,6-7,13-14,20H2,1,3H3/b8-4-,16-9+,18-11+. The molecule has 0 aliphatic heterocycles. The molecule has 1 rings (SSSR count). The number of aromatic nitrogens is 1. The van der Waals surface area contributed by atoms with Crippen LogP contribution in [0, 0.1) is 0 Å². The summed E-state index contributed by atoms with van der Waals surface area (Å²) in [6.07, 6.45) is 12.0. The third-order valence-electron chi connectivity index (χ3n) is 2.97. The summed E-state index contributed by atoms with van der Waals surface area (Å²) < 4.78 is 11.1. The van der Waals surface area contributed by atoms with Gasteiger partial charge in [-0.15, -0.1) is 0 Å². The number of allylic oxidation sites excluding steroid dienone is 6. The van der Waals surface area contributed by atoms with E-state index in [0.717, 1.165) is 30.1 Å². The van der Waals surface area contributed by atoms with Crippen molar-refractivity contribution in [3.8, 4) is 0 Å². The highest BCUT2D eigenvalue weighted by molar-refractivity contribution is 5.73. The Balaban J connectivity index is 2.75. The molecule has 0 atom stereocenters. The molecule has 0 fully saturated rings. The van der Waals surface area contributed by atoms with Crippen molar-refractivity contribution in [2.75, 3.05) is 25.6 Å². The molecule has 4 heteroatoms. The van der Waals surface area contributed by atoms with Gasteiger partial charge in [-0.2, -0.15) is 0 Å². The summed E-state index contributed by atoms with van der Waals surface area (Å²) >= 11 is 0. The molecule has 4 nitrogen and oxygen atoms in total. The maximum absolute atomic E-state index is 5.75. The number of rotatable bonds is 10. The summed E-state index contributed by atoms with van der Waals surface area (Å²) in [5.74, 6) is 0.791. The zero-order chi connectivity index (χ0) is 16.9. The Hall–Kier alpha value is -2.33. The van der Waals surface area contributed by atoms with Crippen LogP contribution < -0.4 is 5.73 Å². The van der Waals surface area contributed by atoms with E-state index in [0.29, 0.717) is 18.9 Å². The second kappa shape index (κ2) is 11.3. The van der Waals surface area contributed by atoms with Gasteiger partial charge in [-0.1, -0.05) is 18.7 Å². The summed E-state index contributed by atoms with van der Waals surface area (Å²) in [7, 11) is 0. The average molecular weight is 314 g/mol. The topological polar surface area (TPSA) is 57.4 Å². The van der Waals surface area contributed by atoms with Crippen molar-refractivity contribution in [2.45, 2.75) is 20.3 Å². The summed E-state index contributed by atoms with van der Waals surface area (Å²) in [5.41, 5.74) is 8.03. The predicted molar refractivity (Wildman–Crippen MR) is 96.8 cm³/mol. The highest BCUT2D eigenvalue weighted by atomic mass is 16.5. The summed E-state index contributed by atoms with van der Waals surface area (Å²) in [5, 5.41) is 0. The van der Waals surface area contributed by atoms with Crippen LogP contribution in [0.15, 0.2) is 61.0 Å². The SMILES string of the molecule is C=C\C(=C/C=C(\C=C/C)OCCCOCC)c1ccc(N)cn1. The summed E-state index contributed by atoms with van der Waals surface area (Å²) in [4.78, 5) is 4.30. The van der Waals surface area contributed by atoms with Gasteiger partial charge < -0.3 is 15.2 Å². The highest BCUT2D eigenvalue weighted by Gasteiger charge is 1.99. The van der Waals surface area contributed by atoms with Gasteiger partial charge in [0.25, 0.3) is 0 Å². The Morgan fingerprint density at radius 2 is 2.13 bits per heavy atom. The molecule has 23 heavy (non-hydrogen) atoms. The van der Waals surface area contributed by atoms with Crippen LogP contribution in [-0.4, -0.2) is 24.8 Å². The smallest absolute Gasteiger partial charge is 0.118 e. The van der Waals surface area contributed by atoms with Crippen molar-refractivity contribution in [1.82, 2.24) is 4.98 Å². The molecule has 0 unspecified atom stereocenters. The fourth-order valence-electron chi connectivity index (χ4n) is 1.82. The molecular weight excluding hydrogens is 288 g/mol. The van der Waals surface area contributed by atoms with Crippen molar-refractivity contribution in [3.63, 3.8) is 0 Å². The molecule has 0 radical (unpaired) electrons. The molecule has 0 spiro atoms. The largest absolute Gasteiger partial charge is 0.494 e. The van der Waals surface area contributed by atoms with E-state index >= 15 is 0 Å². The van der Waals surface area contributed by atoms with Gasteiger partial charge in [0, 0.05) is 19.6 Å². The molecule has 1 heterocycles. The summed E-state index contributed by atoms with van der Waals surface area (Å²) in [6.45, 7) is 9.84. The zero-order valence-corrected chi connectivity index (χ0v) is 14.0. The molecular formula is C19H26N2O2. The van der Waals surface area contributed by atoms with Gasteiger partial charge in [0.1, 0.15) is 5.76 Å². The number of nitrogens with zero attached hydrogens (tertiary/aromatic N) is 1. The fraction of sp³-hybridized carbons (Fsp3) is 0.316. The van der Waals surface area contributed by atoms with E-state index in [1.54, 1.807) is 12.3 Å². The number of hydrogen-bond acceptors (Lipinski definition) is 4. The molecule has 0 aliphatic rings. The first-order chi connectivity index (χ1) is 11.2. The van der Waals surface area contributed by atoms with Crippen LogP contribution >= 0.6 is 0 Å². The van der Waals surface area contributed by atoms with Gasteiger partial charge in [-0.05, 0) is 49.8 Å². The third-order valence-corrected chi connectivity index (χ3v) is 2.97. The average Bonchev–Trinajstić information content (AvgIpc) is 2.56. The second-order valence-corrected chi connectivity index (χ2v) is 4.77. The van der Waals surface area contributed by atoms with Gasteiger partial charge in [0.05, 0.1) is 24.2 Å². The lowest BCUT2D eigenvalue weighted by molar-refractivity contribution is 0.118. The van der Waals surface area contributed by atoms with Gasteiger partial charge >= 0.3 is 0 Å². The molecule has 1 aromatic rings. The van der Waals surface area contributed by atoms with E-state index in [1.807, 2.05) is 50.3 Å². The van der Waals surface area contributed by atoms with Gasteiger partial charge in [-0.3, -0.25) is 4.98 Å². The van der Waals surface area contributed by atoms with Crippen LogP contribution in [0.5, 0.6) is 0 Å². The fourth-order valence-corrected chi connectivity index (χ4v) is 1.82. The molecule has 2 N–H and O–H groups in total. The first-order valence-electron chi connectivity index (χ1n) is 7.80. The Bertz CT molecular complexity index is 557. The Morgan fingerprint density at radius 3 is 2.74 bits per heavy atom. The molecule has 0 aliphatic carbocycles. The number of anilines is 1. The normalized spacial score (nSPS) is 12.6. The van der Waals surface area contributed by atoms with Crippen LogP contribution in [0.3, 0.4) is 0 Å². The van der Waals surface area contributed by atoms with Crippen LogP contribution in [0.1, 0.15) is 26.0 Å². The maximum Gasteiger partial charge on any atom is 0.118 e. The monoisotopic (exact) mass is 314 g/mol. The van der Waals surface area contributed by atoms with Gasteiger partial charge in [0.15, 0.2) is 0 Å². The van der Waals surface area contributed by atoms with Crippen LogP contribution in [0.2, 0.25) is 0 Å². The van der Waals surface area contributed by atoms with Gasteiger partial charge in [0.2, 0.25) is 0 Å². The second-order valence-electron chi connectivity index (χ2n) is 4.77. The lowest BCUT2D eigenvalue weighted by atomic mass is 10.1. The predicted octanol–water partition coefficient (Wildman–Crippen LogP) is 4.14. The quantitative estimate of drug-likeness (QED) is 0.401. The maximum atomic E-state index is 5.75. The van der Waals surface area contributed by atoms with E-state index in [4.69, 9.17) is 15.2 Å². The minimum atomic E-state index is 0.619. The van der Waals surface area contributed by atoms with E-state index in [-0.39, 0.29) is 0 Å². The zero-order valence-electron chi connectivity index (χ0n) is 14.0. The Labute approximate surface area is 139 Å². The molecule has 124 valence electrons. The van der Waals surface area contributed by atoms with Crippen LogP contribution in [-0.2, 0) is 9.47 Å². The van der Waals surface area contributed by atoms with Crippen molar-refractivity contribution in [1.29, 1.82) is 0 Å². The van der Waals surface area contributed by atoms with Crippen LogP contribution in [0.25, 0.3) is 5.57 Å². The minimum Gasteiger partial charge on any atom is -0.494 e. The van der Waals surface area contributed by atoms with E-state index in [2.05, 4.69) is 11.6 Å². The van der Waals surface area contributed by atoms with E-state index in [1.165, 1.54) is 0 Å². The first-order valence-corrected chi connectivity index (χ1v) is 7.80. The van der Waals surface area contributed by atoms with Crippen molar-refractivity contribution in [3.05, 3.63) is 66.7 Å². The highest BCUT2D eigenvalue weighted by Crippen LogP contribution is 2.15. The van der Waals surface area contributed by atoms with Gasteiger partial charge in [-0.25, -0.2) is 0 Å². The molecule has 0 aromatic carbocycles. The minimum absolute atomic E-state index is 0.619. The Morgan fingerprint density at radius 1 is 1.30 bits per heavy atom. The van der Waals surface area contributed by atoms with Crippen LogP contribution in [0.4, 0.5) is 5.69 Å². The number of hydrogen-bond donors (Lipinski definition) is 1. The van der Waals surface area contributed by atoms with Crippen molar-refractivity contribution in [2.24, 2.45) is 0 Å². The number of pyridine rings is 1. The lowest BCUT2D eigenvalue weighted by Gasteiger charge is -2.07. The van der Waals surface area contributed by atoms with Crippen molar-refractivity contribution < 1.29 is 9.47 Å². The molecule has 0 saturated heterocycles. The molecule has 0 bridgehead atoms. The van der Waals surface area contributed by atoms with E-state index < -0.39 is 0 Å². The number of ether oxygens (including phenoxy) is 2. The molecule has 0 saturated carbocycles. The summed E-state index contributed by atoms with van der Waals surface area (Å²) in [6, 6.07) is 3.69. The number of nitrogen functional groups attached to an aromatic ring is 1. The first kappa shape index (κ1) is 18.7. The third kappa shape index (κ3) is 7.47. The molecule has 0 amide bonds. The number of nitrogens with two attached hydrogens (primary N) is 1.